The first-order valence-corrected chi connectivity index (χ1v) is 9.03. The van der Waals surface area contributed by atoms with E-state index in [-0.39, 0.29) is 0 Å². The molecular formula is C18H35N5. The summed E-state index contributed by atoms with van der Waals surface area (Å²) < 4.78 is 1.93. The van der Waals surface area contributed by atoms with Gasteiger partial charge in [-0.2, -0.15) is 5.10 Å². The normalized spacial score (nSPS) is 11.8. The molecule has 1 aromatic rings. The van der Waals surface area contributed by atoms with Gasteiger partial charge in [-0.3, -0.25) is 9.67 Å². The van der Waals surface area contributed by atoms with Crippen molar-refractivity contribution in [2.75, 3.05) is 13.6 Å². The Hall–Kier alpha value is -1.52. The molecule has 0 aliphatic heterocycles. The third-order valence-electron chi connectivity index (χ3n) is 4.39. The minimum atomic E-state index is 0.766. The smallest absolute Gasteiger partial charge is 0.191 e. The van der Waals surface area contributed by atoms with Crippen LogP contribution >= 0.6 is 0 Å². The molecule has 23 heavy (non-hydrogen) atoms. The molecule has 0 saturated heterocycles. The van der Waals surface area contributed by atoms with Gasteiger partial charge < -0.3 is 10.6 Å². The Morgan fingerprint density at radius 2 is 1.70 bits per heavy atom. The van der Waals surface area contributed by atoms with Gasteiger partial charge in [0.2, 0.25) is 0 Å². The maximum Gasteiger partial charge on any atom is 0.191 e. The van der Waals surface area contributed by atoms with Crippen LogP contribution in [0.5, 0.6) is 0 Å². The van der Waals surface area contributed by atoms with E-state index in [1.165, 1.54) is 56.2 Å². The van der Waals surface area contributed by atoms with E-state index in [9.17, 15) is 0 Å². The van der Waals surface area contributed by atoms with Crippen LogP contribution < -0.4 is 10.6 Å². The van der Waals surface area contributed by atoms with Gasteiger partial charge in [-0.15, -0.1) is 0 Å². The lowest BCUT2D eigenvalue weighted by molar-refractivity contribution is 0.583. The lowest BCUT2D eigenvalue weighted by Crippen LogP contribution is -2.37. The van der Waals surface area contributed by atoms with E-state index in [2.05, 4.69) is 41.5 Å². The first-order chi connectivity index (χ1) is 11.1. The zero-order valence-corrected chi connectivity index (χ0v) is 15.7. The van der Waals surface area contributed by atoms with Gasteiger partial charge in [0, 0.05) is 38.4 Å². The highest BCUT2D eigenvalue weighted by atomic mass is 15.3. The first-order valence-electron chi connectivity index (χ1n) is 9.03. The predicted octanol–water partition coefficient (Wildman–Crippen LogP) is 3.45. The van der Waals surface area contributed by atoms with Crippen LogP contribution in [0, 0.1) is 13.8 Å². The molecule has 2 N–H and O–H groups in total. The quantitative estimate of drug-likeness (QED) is 0.394. The van der Waals surface area contributed by atoms with Gasteiger partial charge >= 0.3 is 0 Å². The molecule has 0 bridgehead atoms. The minimum absolute atomic E-state index is 0.766. The average Bonchev–Trinajstić information content (AvgIpc) is 2.78. The van der Waals surface area contributed by atoms with Crippen molar-refractivity contribution in [3.63, 3.8) is 0 Å². The van der Waals surface area contributed by atoms with Crippen molar-refractivity contribution in [3.8, 4) is 0 Å². The van der Waals surface area contributed by atoms with Crippen LogP contribution in [-0.4, -0.2) is 29.3 Å². The summed E-state index contributed by atoms with van der Waals surface area (Å²) in [6.07, 6.45) is 9.31. The zero-order valence-electron chi connectivity index (χ0n) is 15.7. The van der Waals surface area contributed by atoms with Crippen LogP contribution in [0.4, 0.5) is 0 Å². The number of hydrogen-bond donors (Lipinski definition) is 2. The molecular weight excluding hydrogens is 286 g/mol. The Morgan fingerprint density at radius 1 is 1.04 bits per heavy atom. The minimum Gasteiger partial charge on any atom is -0.356 e. The second-order valence-electron chi connectivity index (χ2n) is 6.25. The molecule has 0 unspecified atom stereocenters. The number of rotatable bonds is 10. The van der Waals surface area contributed by atoms with Crippen LogP contribution in [0.2, 0.25) is 0 Å². The molecule has 0 aliphatic rings. The van der Waals surface area contributed by atoms with Crippen molar-refractivity contribution in [3.05, 3.63) is 17.0 Å². The highest BCUT2D eigenvalue weighted by Crippen LogP contribution is 2.11. The van der Waals surface area contributed by atoms with Gasteiger partial charge in [0.15, 0.2) is 5.96 Å². The van der Waals surface area contributed by atoms with Crippen molar-refractivity contribution in [1.29, 1.82) is 0 Å². The molecule has 0 atom stereocenters. The van der Waals surface area contributed by atoms with E-state index in [0.29, 0.717) is 0 Å². The second kappa shape index (κ2) is 11.1. The van der Waals surface area contributed by atoms with Gasteiger partial charge in [-0.25, -0.2) is 0 Å². The van der Waals surface area contributed by atoms with Gasteiger partial charge in [0.1, 0.15) is 0 Å². The summed E-state index contributed by atoms with van der Waals surface area (Å²) in [6, 6.07) is 0. The molecule has 0 spiro atoms. The summed E-state index contributed by atoms with van der Waals surface area (Å²) in [6.45, 7) is 8.17. The molecule has 1 rings (SSSR count). The molecule has 0 fully saturated rings. The van der Waals surface area contributed by atoms with Crippen molar-refractivity contribution in [1.82, 2.24) is 20.4 Å². The molecule has 1 heterocycles. The Balaban J connectivity index is 2.20. The third kappa shape index (κ3) is 7.06. The van der Waals surface area contributed by atoms with Gasteiger partial charge in [0.25, 0.3) is 0 Å². The SMILES string of the molecule is CCCCCCCCCNC(=NC)NCc1c(C)nn(C)c1C. The molecule has 0 aromatic carbocycles. The molecule has 5 nitrogen and oxygen atoms in total. The van der Waals surface area contributed by atoms with E-state index in [1.807, 2.05) is 18.8 Å². The van der Waals surface area contributed by atoms with Crippen LogP contribution in [0.1, 0.15) is 68.8 Å². The van der Waals surface area contributed by atoms with Gasteiger partial charge in [-0.05, 0) is 20.3 Å². The number of aliphatic imine (C=N–C) groups is 1. The highest BCUT2D eigenvalue weighted by molar-refractivity contribution is 5.79. The molecule has 132 valence electrons. The van der Waals surface area contributed by atoms with E-state index < -0.39 is 0 Å². The van der Waals surface area contributed by atoms with E-state index in [4.69, 9.17) is 0 Å². The fourth-order valence-corrected chi connectivity index (χ4v) is 2.75. The number of nitrogens with one attached hydrogen (secondary N) is 2. The maximum absolute atomic E-state index is 4.45. The van der Waals surface area contributed by atoms with Crippen molar-refractivity contribution in [2.24, 2.45) is 12.0 Å². The Kier molecular flexibility index (Phi) is 9.41. The third-order valence-corrected chi connectivity index (χ3v) is 4.39. The number of hydrogen-bond acceptors (Lipinski definition) is 2. The Labute approximate surface area is 142 Å². The monoisotopic (exact) mass is 321 g/mol. The predicted molar refractivity (Wildman–Crippen MR) is 98.9 cm³/mol. The number of aryl methyl sites for hydroxylation is 2. The van der Waals surface area contributed by atoms with Crippen LogP contribution in [0.3, 0.4) is 0 Å². The summed E-state index contributed by atoms with van der Waals surface area (Å²) >= 11 is 0. The topological polar surface area (TPSA) is 54.2 Å². The Morgan fingerprint density at radius 3 is 2.26 bits per heavy atom. The van der Waals surface area contributed by atoms with E-state index >= 15 is 0 Å². The molecule has 0 saturated carbocycles. The fourth-order valence-electron chi connectivity index (χ4n) is 2.75. The standard InChI is InChI=1S/C18H35N5/c1-6-7-8-9-10-11-12-13-20-18(19-4)21-14-17-15(2)22-23(5)16(17)3/h6-14H2,1-5H3,(H2,19,20,21). The molecule has 0 radical (unpaired) electrons. The zero-order chi connectivity index (χ0) is 17.1. The molecule has 5 heteroatoms. The van der Waals surface area contributed by atoms with Crippen molar-refractivity contribution >= 4 is 5.96 Å². The van der Waals surface area contributed by atoms with Gasteiger partial charge in [-0.1, -0.05) is 45.4 Å². The number of unbranched alkanes of at least 4 members (excludes halogenated alkanes) is 6. The van der Waals surface area contributed by atoms with Crippen LogP contribution in [-0.2, 0) is 13.6 Å². The Bertz CT molecular complexity index is 476. The lowest BCUT2D eigenvalue weighted by atomic mass is 10.1. The lowest BCUT2D eigenvalue weighted by Gasteiger charge is -2.12. The molecule has 1 aromatic heterocycles. The summed E-state index contributed by atoms with van der Waals surface area (Å²) in [5.74, 6) is 0.874. The van der Waals surface area contributed by atoms with Crippen molar-refractivity contribution in [2.45, 2.75) is 72.3 Å². The first kappa shape index (κ1) is 19.5. The number of nitrogens with zero attached hydrogens (tertiary/aromatic N) is 3. The number of aromatic nitrogens is 2. The maximum atomic E-state index is 4.45. The average molecular weight is 322 g/mol. The van der Waals surface area contributed by atoms with Crippen LogP contribution in [0.15, 0.2) is 4.99 Å². The van der Waals surface area contributed by atoms with Gasteiger partial charge in [0.05, 0.1) is 5.69 Å². The fraction of sp³-hybridized carbons (Fsp3) is 0.778. The second-order valence-corrected chi connectivity index (χ2v) is 6.25. The summed E-state index contributed by atoms with van der Waals surface area (Å²) in [5.41, 5.74) is 3.55. The summed E-state index contributed by atoms with van der Waals surface area (Å²) in [7, 11) is 3.81. The van der Waals surface area contributed by atoms with E-state index in [0.717, 1.165) is 24.7 Å². The molecule has 0 aliphatic carbocycles. The number of guanidine groups is 1. The largest absolute Gasteiger partial charge is 0.356 e. The summed E-state index contributed by atoms with van der Waals surface area (Å²) in [5, 5.41) is 11.2. The van der Waals surface area contributed by atoms with Crippen LogP contribution in [0.25, 0.3) is 0 Å². The molecule has 0 amide bonds. The summed E-state index contributed by atoms with van der Waals surface area (Å²) in [4.78, 5) is 4.29. The van der Waals surface area contributed by atoms with E-state index in [1.54, 1.807) is 0 Å². The van der Waals surface area contributed by atoms with Crippen molar-refractivity contribution < 1.29 is 0 Å². The highest BCUT2D eigenvalue weighted by Gasteiger charge is 2.09.